The highest BCUT2D eigenvalue weighted by Gasteiger charge is 2.24. The molecule has 0 aromatic rings. The normalized spacial score (nSPS) is 18.8. The van der Waals surface area contributed by atoms with Gasteiger partial charge in [-0.25, -0.2) is 4.99 Å². The number of alkyl halides is 1. The smallest absolute Gasteiger partial charge is 0.246 e. The molecule has 2 atom stereocenters. The highest BCUT2D eigenvalue weighted by molar-refractivity contribution is 6.24. The van der Waals surface area contributed by atoms with E-state index in [0.717, 1.165) is 24.4 Å². The summed E-state index contributed by atoms with van der Waals surface area (Å²) in [4.78, 5) is 32.1. The second kappa shape index (κ2) is 13.8. The first kappa shape index (κ1) is 27.5. The summed E-state index contributed by atoms with van der Waals surface area (Å²) in [5, 5.41) is 8.41. The topological polar surface area (TPSA) is 89.1 Å². The first-order chi connectivity index (χ1) is 15.1. The van der Waals surface area contributed by atoms with Gasteiger partial charge in [0.2, 0.25) is 16.9 Å². The van der Waals surface area contributed by atoms with Crippen molar-refractivity contribution in [3.63, 3.8) is 0 Å². The van der Waals surface area contributed by atoms with Gasteiger partial charge in [0.1, 0.15) is 11.9 Å². The molecule has 0 radical (unpaired) electrons. The molecule has 1 unspecified atom stereocenters. The molecule has 0 fully saturated rings. The summed E-state index contributed by atoms with van der Waals surface area (Å²) in [6.45, 7) is 7.53. The highest BCUT2D eigenvalue weighted by Crippen LogP contribution is 2.18. The Balaban J connectivity index is 2.47. The van der Waals surface area contributed by atoms with Gasteiger partial charge in [-0.15, -0.1) is 0 Å². The lowest BCUT2D eigenvalue weighted by Crippen LogP contribution is -2.45. The van der Waals surface area contributed by atoms with E-state index in [-0.39, 0.29) is 11.8 Å². The average Bonchev–Trinajstić information content (AvgIpc) is 2.73. The number of carbonyl (C=O) groups is 2. The molecule has 32 heavy (non-hydrogen) atoms. The van der Waals surface area contributed by atoms with Crippen molar-refractivity contribution in [1.82, 2.24) is 25.8 Å². The predicted molar refractivity (Wildman–Crippen MR) is 131 cm³/mol. The van der Waals surface area contributed by atoms with Crippen molar-refractivity contribution in [3.05, 3.63) is 23.5 Å². The molecule has 178 valence electrons. The molecule has 1 aliphatic heterocycles. The number of likely N-dealkylation sites (N-methyl/N-ethyl adjacent to an activating group) is 2. The van der Waals surface area contributed by atoms with Crippen LogP contribution in [0.1, 0.15) is 40.0 Å². The van der Waals surface area contributed by atoms with Gasteiger partial charge in [0, 0.05) is 45.4 Å². The summed E-state index contributed by atoms with van der Waals surface area (Å²) in [6.07, 6.45) is 7.25. The van der Waals surface area contributed by atoms with E-state index in [4.69, 9.17) is 11.6 Å². The number of aliphatic imine (C=N–C) groups is 1. The minimum Gasteiger partial charge on any atom is -0.371 e. The van der Waals surface area contributed by atoms with E-state index >= 15 is 0 Å². The molecule has 0 saturated carbocycles. The number of rotatable bonds is 11. The summed E-state index contributed by atoms with van der Waals surface area (Å²) in [7, 11) is 5.47. The standard InChI is InChI=1S/C23H37ClN6O2/c1-7-14-25-21-19(17-27-23(3,24)28-21)12-9-8-10-15-26-22(32)18(2)30(6)20(31)13-11-16-29(4)5/h11,13,17-18,25,28H,7-8,10,14-16H2,1-6H3,(H,26,32)/b13-11+/t18-,23?/m0/s1. The number of hydrogen-bond donors (Lipinski definition) is 3. The van der Waals surface area contributed by atoms with Crippen LogP contribution >= 0.6 is 11.6 Å². The third-order valence-electron chi connectivity index (χ3n) is 4.65. The van der Waals surface area contributed by atoms with Crippen LogP contribution in [0.25, 0.3) is 0 Å². The van der Waals surface area contributed by atoms with Gasteiger partial charge in [-0.3, -0.25) is 9.59 Å². The average molecular weight is 465 g/mol. The van der Waals surface area contributed by atoms with Crippen LogP contribution in [0.4, 0.5) is 0 Å². The summed E-state index contributed by atoms with van der Waals surface area (Å²) >= 11 is 6.25. The molecule has 0 aliphatic carbocycles. The van der Waals surface area contributed by atoms with Crippen LogP contribution < -0.4 is 16.0 Å². The zero-order valence-corrected chi connectivity index (χ0v) is 20.8. The van der Waals surface area contributed by atoms with Crippen molar-refractivity contribution in [2.75, 3.05) is 40.8 Å². The number of allylic oxidation sites excluding steroid dienone is 1. The van der Waals surface area contributed by atoms with Crippen LogP contribution in [0.2, 0.25) is 0 Å². The van der Waals surface area contributed by atoms with Crippen molar-refractivity contribution in [3.8, 4) is 11.8 Å². The molecule has 0 aromatic carbocycles. The van der Waals surface area contributed by atoms with Crippen LogP contribution in [-0.2, 0) is 9.59 Å². The lowest BCUT2D eigenvalue weighted by molar-refractivity contribution is -0.135. The quantitative estimate of drug-likeness (QED) is 0.142. The summed E-state index contributed by atoms with van der Waals surface area (Å²) in [5.74, 6) is 6.62. The number of hydrogen-bond acceptors (Lipinski definition) is 6. The largest absolute Gasteiger partial charge is 0.371 e. The van der Waals surface area contributed by atoms with Gasteiger partial charge in [-0.2, -0.15) is 0 Å². The predicted octanol–water partition coefficient (Wildman–Crippen LogP) is 1.65. The van der Waals surface area contributed by atoms with E-state index in [1.54, 1.807) is 33.2 Å². The van der Waals surface area contributed by atoms with Crippen LogP contribution in [0, 0.1) is 11.8 Å². The number of nitrogens with zero attached hydrogens (tertiary/aromatic N) is 3. The molecule has 1 heterocycles. The number of halogens is 1. The monoisotopic (exact) mass is 464 g/mol. The maximum absolute atomic E-state index is 12.3. The fourth-order valence-corrected chi connectivity index (χ4v) is 2.75. The zero-order chi connectivity index (χ0) is 24.1. The van der Waals surface area contributed by atoms with Crippen molar-refractivity contribution in [1.29, 1.82) is 0 Å². The Morgan fingerprint density at radius 1 is 1.34 bits per heavy atom. The number of amides is 2. The fraction of sp³-hybridized carbons (Fsp3) is 0.609. The molecule has 0 saturated heterocycles. The lowest BCUT2D eigenvalue weighted by Gasteiger charge is -2.27. The van der Waals surface area contributed by atoms with Gasteiger partial charge >= 0.3 is 0 Å². The molecule has 8 nitrogen and oxygen atoms in total. The van der Waals surface area contributed by atoms with Crippen LogP contribution in [0.3, 0.4) is 0 Å². The zero-order valence-electron chi connectivity index (χ0n) is 20.1. The number of nitrogens with one attached hydrogen (secondary N) is 3. The molecule has 0 aromatic heterocycles. The van der Waals surface area contributed by atoms with E-state index in [9.17, 15) is 9.59 Å². The molecule has 1 aliphatic rings. The molecule has 0 bridgehead atoms. The Morgan fingerprint density at radius 2 is 2.06 bits per heavy atom. The Labute approximate surface area is 197 Å². The summed E-state index contributed by atoms with van der Waals surface area (Å²) < 4.78 is 0. The molecule has 1 rings (SSSR count). The molecule has 0 spiro atoms. The Kier molecular flexibility index (Phi) is 11.9. The van der Waals surface area contributed by atoms with Crippen LogP contribution in [0.15, 0.2) is 28.5 Å². The van der Waals surface area contributed by atoms with Crippen LogP contribution in [-0.4, -0.2) is 79.8 Å². The maximum atomic E-state index is 12.3. The van der Waals surface area contributed by atoms with Gasteiger partial charge in [0.25, 0.3) is 0 Å². The Bertz CT molecular complexity index is 792. The second-order valence-corrected chi connectivity index (χ2v) is 8.77. The number of unbranched alkanes of at least 4 members (excludes halogenated alkanes) is 1. The van der Waals surface area contributed by atoms with E-state index < -0.39 is 11.2 Å². The van der Waals surface area contributed by atoms with Crippen molar-refractivity contribution >= 4 is 29.6 Å². The SMILES string of the molecule is CCCNC1=C(C#CCCCNC(=O)[C@H](C)N(C)C(=O)/C=C/CN(C)C)C=NC(C)(Cl)N1. The first-order valence-corrected chi connectivity index (χ1v) is 11.3. The van der Waals surface area contributed by atoms with E-state index in [1.807, 2.05) is 19.0 Å². The van der Waals surface area contributed by atoms with Gasteiger partial charge < -0.3 is 25.8 Å². The highest BCUT2D eigenvalue weighted by atomic mass is 35.5. The third kappa shape index (κ3) is 10.2. The van der Waals surface area contributed by atoms with Gasteiger partial charge in [0.15, 0.2) is 0 Å². The summed E-state index contributed by atoms with van der Waals surface area (Å²) in [6, 6.07) is -0.552. The van der Waals surface area contributed by atoms with Crippen molar-refractivity contribution in [2.45, 2.75) is 51.2 Å². The van der Waals surface area contributed by atoms with Gasteiger partial charge in [-0.1, -0.05) is 36.4 Å². The molecular formula is C23H37ClN6O2. The molecule has 9 heteroatoms. The lowest BCUT2D eigenvalue weighted by atomic mass is 10.2. The Hall–Kier alpha value is -2.50. The van der Waals surface area contributed by atoms with E-state index in [0.29, 0.717) is 25.9 Å². The first-order valence-electron chi connectivity index (χ1n) is 10.9. The van der Waals surface area contributed by atoms with Crippen molar-refractivity contribution in [2.24, 2.45) is 4.99 Å². The van der Waals surface area contributed by atoms with E-state index in [1.165, 1.54) is 11.0 Å². The third-order valence-corrected chi connectivity index (χ3v) is 4.84. The van der Waals surface area contributed by atoms with Crippen LogP contribution in [0.5, 0.6) is 0 Å². The molecule has 2 amide bonds. The fourth-order valence-electron chi connectivity index (χ4n) is 2.60. The maximum Gasteiger partial charge on any atom is 0.246 e. The minimum atomic E-state index is -0.876. The van der Waals surface area contributed by atoms with Gasteiger partial charge in [0.05, 0.1) is 5.57 Å². The molecular weight excluding hydrogens is 428 g/mol. The molecule has 3 N–H and O–H groups in total. The second-order valence-electron chi connectivity index (χ2n) is 8.04. The number of carbonyl (C=O) groups excluding carboxylic acids is 2. The Morgan fingerprint density at radius 3 is 2.72 bits per heavy atom. The minimum absolute atomic E-state index is 0.186. The van der Waals surface area contributed by atoms with E-state index in [2.05, 4.69) is 39.7 Å². The van der Waals surface area contributed by atoms with Gasteiger partial charge in [-0.05, 0) is 40.8 Å². The summed E-state index contributed by atoms with van der Waals surface area (Å²) in [5.41, 5.74) is 0.761. The van der Waals surface area contributed by atoms with Crippen molar-refractivity contribution < 1.29 is 9.59 Å².